The van der Waals surface area contributed by atoms with E-state index in [4.69, 9.17) is 18.3 Å². The third-order valence-electron chi connectivity index (χ3n) is 9.12. The second-order valence-corrected chi connectivity index (χ2v) is 25.1. The van der Waals surface area contributed by atoms with E-state index in [0.29, 0.717) is 0 Å². The molecule has 4 atom stereocenters. The Bertz CT molecular complexity index is 1130. The van der Waals surface area contributed by atoms with Crippen LogP contribution in [-0.2, 0) is 18.3 Å². The molecule has 239 valence electrons. The van der Waals surface area contributed by atoms with Crippen LogP contribution in [0.4, 0.5) is 0 Å². The Morgan fingerprint density at radius 3 is 1.84 bits per heavy atom. The largest absolute Gasteiger partial charge is 0.404 e. The fourth-order valence-electron chi connectivity index (χ4n) is 5.51. The maximum absolute atomic E-state index is 7.43. The Balaban J connectivity index is 1.99. The lowest BCUT2D eigenvalue weighted by molar-refractivity contribution is -0.147. The van der Waals surface area contributed by atoms with Crippen molar-refractivity contribution in [2.45, 2.75) is 123 Å². The van der Waals surface area contributed by atoms with Crippen molar-refractivity contribution in [3.63, 3.8) is 0 Å². The van der Waals surface area contributed by atoms with Crippen molar-refractivity contribution in [1.82, 2.24) is 0 Å². The highest BCUT2D eigenvalue weighted by Gasteiger charge is 2.52. The molecule has 4 nitrogen and oxygen atoms in total. The highest BCUT2D eigenvalue weighted by atomic mass is 127. The minimum atomic E-state index is -2.67. The summed E-state index contributed by atoms with van der Waals surface area (Å²) in [5.41, 5.74) is 0. The number of halogens is 1. The lowest BCUT2D eigenvalue weighted by Gasteiger charge is -2.45. The average molecular weight is 736 g/mol. The average Bonchev–Trinajstić information content (AvgIpc) is 3.22. The van der Waals surface area contributed by atoms with E-state index >= 15 is 0 Å². The molecule has 0 aliphatic carbocycles. The van der Waals surface area contributed by atoms with Crippen molar-refractivity contribution in [1.29, 1.82) is 0 Å². The van der Waals surface area contributed by atoms with Crippen molar-refractivity contribution in [2.75, 3.05) is 4.43 Å². The smallest absolute Gasteiger partial charge is 0.261 e. The monoisotopic (exact) mass is 735 g/mol. The van der Waals surface area contributed by atoms with Crippen LogP contribution in [0, 0.1) is 12.0 Å². The van der Waals surface area contributed by atoms with E-state index in [1.165, 1.54) is 10.4 Å². The van der Waals surface area contributed by atoms with Gasteiger partial charge < -0.3 is 18.3 Å². The summed E-state index contributed by atoms with van der Waals surface area (Å²) in [5.74, 6) is -0.513. The summed E-state index contributed by atoms with van der Waals surface area (Å²) in [6, 6.07) is 21.7. The predicted molar refractivity (Wildman–Crippen MR) is 195 cm³/mol. The molecular weight excluding hydrogens is 679 g/mol. The summed E-state index contributed by atoms with van der Waals surface area (Å²) in [6.45, 7) is 26.9. The number of hydrogen-bond acceptors (Lipinski definition) is 4. The van der Waals surface area contributed by atoms with Gasteiger partial charge in [0, 0.05) is 10.5 Å². The van der Waals surface area contributed by atoms with Gasteiger partial charge in [0.15, 0.2) is 14.1 Å². The standard InChI is InChI=1S/C36H56IO4Si2/c1-27(23-24-32(41-42(11,12)34(3,4)5)33-31(25-26-37)38-36(9,10)39-33)28(2)40-43(35(6,7)8,29-19-15-13-16-20-29)30-21-17-14-18-22-30/h13-24,27-28,31,33H,25-26H2,1-12H3/b24-23-/t27-,28-,31+,33+/m1/s1. The lowest BCUT2D eigenvalue weighted by atomic mass is 10.0. The molecule has 0 unspecified atom stereocenters. The molecular formula is C36H56IO4Si2. The van der Waals surface area contributed by atoms with Crippen molar-refractivity contribution in [3.05, 3.63) is 78.9 Å². The molecule has 1 saturated heterocycles. The SMILES string of the molecule is C[C@H](/C=C\[C](O[Si](C)(C)C(C)(C)C)[C@H]1OC(C)(C)O[C@H]1CCI)[C@@H](C)O[Si](c1ccccc1)(c1ccccc1)C(C)(C)C. The molecule has 0 spiro atoms. The van der Waals surface area contributed by atoms with E-state index in [0.717, 1.165) is 17.0 Å². The molecule has 0 bridgehead atoms. The van der Waals surface area contributed by atoms with Gasteiger partial charge in [-0.2, -0.15) is 0 Å². The zero-order chi connectivity index (χ0) is 32.3. The van der Waals surface area contributed by atoms with Crippen LogP contribution in [-0.4, -0.2) is 45.2 Å². The van der Waals surface area contributed by atoms with Gasteiger partial charge >= 0.3 is 0 Å². The summed E-state index contributed by atoms with van der Waals surface area (Å²) in [6.07, 6.45) is 5.92. The minimum absolute atomic E-state index is 0.0287. The quantitative estimate of drug-likeness (QED) is 0.124. The van der Waals surface area contributed by atoms with Crippen LogP contribution in [0.2, 0.25) is 23.2 Å². The summed E-state index contributed by atoms with van der Waals surface area (Å²) in [5, 5.41) is 2.57. The van der Waals surface area contributed by atoms with Crippen LogP contribution >= 0.6 is 22.6 Å². The normalized spacial score (nSPS) is 21.4. The number of rotatable bonds is 12. The summed E-state index contributed by atoms with van der Waals surface area (Å²) >= 11 is 2.42. The molecule has 0 N–H and O–H groups in total. The predicted octanol–water partition coefficient (Wildman–Crippen LogP) is 9.04. The Morgan fingerprint density at radius 2 is 1.40 bits per heavy atom. The molecule has 1 aliphatic rings. The first-order chi connectivity index (χ1) is 19.8. The third-order valence-corrected chi connectivity index (χ3v) is 19.2. The van der Waals surface area contributed by atoms with Crippen LogP contribution in [0.3, 0.4) is 0 Å². The summed E-state index contributed by atoms with van der Waals surface area (Å²) in [7, 11) is -4.81. The van der Waals surface area contributed by atoms with Gasteiger partial charge in [0.05, 0.1) is 6.10 Å². The molecule has 1 heterocycles. The van der Waals surface area contributed by atoms with E-state index < -0.39 is 22.4 Å². The van der Waals surface area contributed by atoms with E-state index in [1.54, 1.807) is 0 Å². The number of benzene rings is 2. The molecule has 0 amide bonds. The van der Waals surface area contributed by atoms with Crippen LogP contribution in [0.15, 0.2) is 72.8 Å². The number of alkyl halides is 1. The second-order valence-electron chi connectivity index (χ2n) is 15.0. The summed E-state index contributed by atoms with van der Waals surface area (Å²) < 4.78 is 28.3. The lowest BCUT2D eigenvalue weighted by Crippen LogP contribution is -2.67. The topological polar surface area (TPSA) is 36.9 Å². The summed E-state index contributed by atoms with van der Waals surface area (Å²) in [4.78, 5) is 0. The van der Waals surface area contributed by atoms with E-state index in [9.17, 15) is 0 Å². The van der Waals surface area contributed by atoms with Gasteiger partial charge in [-0.1, -0.05) is 144 Å². The highest BCUT2D eigenvalue weighted by molar-refractivity contribution is 14.1. The Labute approximate surface area is 278 Å². The molecule has 2 aromatic carbocycles. The van der Waals surface area contributed by atoms with Gasteiger partial charge in [0.1, 0.15) is 12.2 Å². The van der Waals surface area contributed by atoms with Crippen molar-refractivity contribution in [2.24, 2.45) is 5.92 Å². The first-order valence-corrected chi connectivity index (χ1v) is 22.1. The molecule has 0 saturated carbocycles. The first kappa shape index (κ1) is 36.6. The van der Waals surface area contributed by atoms with Crippen LogP contribution in [0.1, 0.15) is 75.7 Å². The first-order valence-electron chi connectivity index (χ1n) is 15.8. The van der Waals surface area contributed by atoms with Gasteiger partial charge in [0.25, 0.3) is 8.32 Å². The number of hydrogen-bond donors (Lipinski definition) is 0. The van der Waals surface area contributed by atoms with E-state index in [1.807, 2.05) is 13.8 Å². The molecule has 1 radical (unpaired) electrons. The molecule has 7 heteroatoms. The van der Waals surface area contributed by atoms with Gasteiger partial charge in [-0.15, -0.1) is 0 Å². The number of ether oxygens (including phenoxy) is 2. The highest BCUT2D eigenvalue weighted by Crippen LogP contribution is 2.43. The Kier molecular flexibility index (Phi) is 12.2. The maximum Gasteiger partial charge on any atom is 0.261 e. The van der Waals surface area contributed by atoms with Gasteiger partial charge in [-0.05, 0) is 66.7 Å². The van der Waals surface area contributed by atoms with Gasteiger partial charge in [-0.25, -0.2) is 0 Å². The fraction of sp³-hybridized carbons (Fsp3) is 0.583. The molecule has 43 heavy (non-hydrogen) atoms. The van der Waals surface area contributed by atoms with Crippen molar-refractivity contribution in [3.8, 4) is 0 Å². The molecule has 1 fully saturated rings. The van der Waals surface area contributed by atoms with Crippen molar-refractivity contribution < 1.29 is 18.3 Å². The van der Waals surface area contributed by atoms with Crippen LogP contribution < -0.4 is 10.4 Å². The second kappa shape index (κ2) is 14.3. The zero-order valence-electron chi connectivity index (χ0n) is 28.7. The molecule has 3 rings (SSSR count). The Hall–Kier alpha value is -0.816. The Morgan fingerprint density at radius 1 is 0.884 bits per heavy atom. The van der Waals surface area contributed by atoms with Gasteiger partial charge in [0.2, 0.25) is 0 Å². The third kappa shape index (κ3) is 8.71. The van der Waals surface area contributed by atoms with Gasteiger partial charge in [-0.3, -0.25) is 0 Å². The molecule has 2 aromatic rings. The molecule has 0 aromatic heterocycles. The maximum atomic E-state index is 7.43. The molecule has 1 aliphatic heterocycles. The van der Waals surface area contributed by atoms with Crippen molar-refractivity contribution >= 4 is 49.6 Å². The minimum Gasteiger partial charge on any atom is -0.404 e. The van der Waals surface area contributed by atoms with Crippen LogP contribution in [0.5, 0.6) is 0 Å². The zero-order valence-corrected chi connectivity index (χ0v) is 32.8. The van der Waals surface area contributed by atoms with Crippen LogP contribution in [0.25, 0.3) is 0 Å². The van der Waals surface area contributed by atoms with E-state index in [2.05, 4.69) is 164 Å². The fourth-order valence-corrected chi connectivity index (χ4v) is 12.0. The van der Waals surface area contributed by atoms with E-state index in [-0.39, 0.29) is 34.3 Å².